The van der Waals surface area contributed by atoms with Crippen LogP contribution in [0.4, 0.5) is 0 Å². The third-order valence-corrected chi connectivity index (χ3v) is 4.90. The molecule has 4 heterocycles. The highest BCUT2D eigenvalue weighted by atomic mass is 16.3. The fourth-order valence-corrected chi connectivity index (χ4v) is 3.68. The van der Waals surface area contributed by atoms with Gasteiger partial charge in [-0.3, -0.25) is 9.69 Å². The maximum absolute atomic E-state index is 12.9. The van der Waals surface area contributed by atoms with Crippen molar-refractivity contribution in [2.24, 2.45) is 5.92 Å². The number of hydrogen-bond acceptors (Lipinski definition) is 4. The van der Waals surface area contributed by atoms with E-state index in [4.69, 9.17) is 4.42 Å². The monoisotopic (exact) mass is 314 g/mol. The van der Waals surface area contributed by atoms with Crippen molar-refractivity contribution >= 4 is 5.91 Å². The van der Waals surface area contributed by atoms with E-state index in [1.54, 1.807) is 12.6 Å². The van der Waals surface area contributed by atoms with E-state index in [0.717, 1.165) is 62.6 Å². The third kappa shape index (κ3) is 3.03. The molecule has 6 heteroatoms. The predicted octanol–water partition coefficient (Wildman–Crippen LogP) is 1.80. The number of carbonyl (C=O) groups excluding carboxylic acids is 1. The Balaban J connectivity index is 1.38. The van der Waals surface area contributed by atoms with Gasteiger partial charge >= 0.3 is 0 Å². The second kappa shape index (κ2) is 6.20. The highest BCUT2D eigenvalue weighted by molar-refractivity contribution is 5.79. The van der Waals surface area contributed by atoms with Crippen LogP contribution in [-0.4, -0.2) is 45.3 Å². The van der Waals surface area contributed by atoms with E-state index in [1.807, 2.05) is 17.0 Å². The lowest BCUT2D eigenvalue weighted by atomic mass is 9.95. The Morgan fingerprint density at radius 1 is 1.43 bits per heavy atom. The number of furan rings is 1. The Morgan fingerprint density at radius 2 is 2.39 bits per heavy atom. The van der Waals surface area contributed by atoms with Crippen molar-refractivity contribution in [3.05, 3.63) is 41.9 Å². The summed E-state index contributed by atoms with van der Waals surface area (Å²) >= 11 is 0. The number of nitrogens with zero attached hydrogens (tertiary/aromatic N) is 3. The predicted molar refractivity (Wildman–Crippen MR) is 84.4 cm³/mol. The fourth-order valence-electron chi connectivity index (χ4n) is 3.68. The number of amides is 1. The molecule has 122 valence electrons. The molecule has 0 saturated carbocycles. The van der Waals surface area contributed by atoms with E-state index in [0.29, 0.717) is 6.54 Å². The summed E-state index contributed by atoms with van der Waals surface area (Å²) in [6.45, 7) is 4.11. The lowest BCUT2D eigenvalue weighted by Gasteiger charge is -2.35. The van der Waals surface area contributed by atoms with Gasteiger partial charge in [0.2, 0.25) is 5.91 Å². The van der Waals surface area contributed by atoms with Crippen molar-refractivity contribution < 1.29 is 9.21 Å². The Labute approximate surface area is 135 Å². The molecule has 2 aromatic heterocycles. The van der Waals surface area contributed by atoms with Gasteiger partial charge in [0, 0.05) is 19.5 Å². The minimum absolute atomic E-state index is 0.100. The van der Waals surface area contributed by atoms with E-state index >= 15 is 0 Å². The Kier molecular flexibility index (Phi) is 3.91. The van der Waals surface area contributed by atoms with Crippen molar-refractivity contribution in [3.63, 3.8) is 0 Å². The van der Waals surface area contributed by atoms with Crippen LogP contribution in [0, 0.1) is 5.92 Å². The number of likely N-dealkylation sites (tertiary alicyclic amines) is 1. The van der Waals surface area contributed by atoms with Crippen LogP contribution >= 0.6 is 0 Å². The van der Waals surface area contributed by atoms with Crippen LogP contribution in [0.3, 0.4) is 0 Å². The number of rotatable bonds is 3. The quantitative estimate of drug-likeness (QED) is 0.938. The lowest BCUT2D eigenvalue weighted by molar-refractivity contribution is -0.138. The molecule has 2 aliphatic rings. The Morgan fingerprint density at radius 3 is 3.26 bits per heavy atom. The molecule has 2 aromatic rings. The number of piperidine rings is 1. The normalized spacial score (nSPS) is 22.1. The molecule has 1 atom stereocenters. The average molecular weight is 314 g/mol. The van der Waals surface area contributed by atoms with Gasteiger partial charge in [0.25, 0.3) is 0 Å². The molecule has 4 rings (SSSR count). The first kappa shape index (κ1) is 14.5. The van der Waals surface area contributed by atoms with E-state index in [9.17, 15) is 4.79 Å². The van der Waals surface area contributed by atoms with Crippen LogP contribution in [0.1, 0.15) is 30.0 Å². The number of imidazole rings is 1. The molecule has 0 spiro atoms. The van der Waals surface area contributed by atoms with Crippen molar-refractivity contribution in [2.45, 2.75) is 32.4 Å². The van der Waals surface area contributed by atoms with Gasteiger partial charge in [-0.15, -0.1) is 0 Å². The second-order valence-corrected chi connectivity index (χ2v) is 6.49. The highest BCUT2D eigenvalue weighted by Gasteiger charge is 2.31. The molecule has 1 N–H and O–H groups in total. The van der Waals surface area contributed by atoms with Crippen molar-refractivity contribution in [3.8, 4) is 0 Å². The van der Waals surface area contributed by atoms with Crippen LogP contribution in [0.25, 0.3) is 0 Å². The maximum Gasteiger partial charge on any atom is 0.227 e. The summed E-state index contributed by atoms with van der Waals surface area (Å²) in [5, 5.41) is 0. The van der Waals surface area contributed by atoms with Gasteiger partial charge in [0.15, 0.2) is 0 Å². The van der Waals surface area contributed by atoms with Crippen molar-refractivity contribution in [1.29, 1.82) is 0 Å². The first-order chi connectivity index (χ1) is 11.3. The molecule has 0 aliphatic carbocycles. The van der Waals surface area contributed by atoms with Crippen molar-refractivity contribution in [1.82, 2.24) is 19.8 Å². The summed E-state index contributed by atoms with van der Waals surface area (Å²) in [5.74, 6) is 1.36. The van der Waals surface area contributed by atoms with Crippen LogP contribution < -0.4 is 0 Å². The molecule has 23 heavy (non-hydrogen) atoms. The first-order valence-electron chi connectivity index (χ1n) is 8.34. The summed E-state index contributed by atoms with van der Waals surface area (Å²) in [6.07, 6.45) is 6.34. The first-order valence-corrected chi connectivity index (χ1v) is 8.34. The molecule has 1 saturated heterocycles. The van der Waals surface area contributed by atoms with Crippen LogP contribution in [0.2, 0.25) is 0 Å². The van der Waals surface area contributed by atoms with Gasteiger partial charge in [-0.2, -0.15) is 0 Å². The molecular formula is C17H22N4O2. The van der Waals surface area contributed by atoms with E-state index in [1.165, 1.54) is 0 Å². The summed E-state index contributed by atoms with van der Waals surface area (Å²) in [4.78, 5) is 24.7. The van der Waals surface area contributed by atoms with Gasteiger partial charge in [-0.1, -0.05) is 0 Å². The van der Waals surface area contributed by atoms with Gasteiger partial charge < -0.3 is 14.3 Å². The number of aromatic amines is 1. The van der Waals surface area contributed by atoms with Crippen LogP contribution in [-0.2, 0) is 24.3 Å². The summed E-state index contributed by atoms with van der Waals surface area (Å²) in [7, 11) is 0. The number of nitrogens with one attached hydrogen (secondary N) is 1. The zero-order chi connectivity index (χ0) is 15.6. The molecule has 0 radical (unpaired) electrons. The second-order valence-electron chi connectivity index (χ2n) is 6.49. The van der Waals surface area contributed by atoms with E-state index < -0.39 is 0 Å². The van der Waals surface area contributed by atoms with Gasteiger partial charge in [0.05, 0.1) is 43.0 Å². The molecule has 1 fully saturated rings. The number of hydrogen-bond donors (Lipinski definition) is 1. The largest absolute Gasteiger partial charge is 0.468 e. The SMILES string of the molecule is O=C([C@H]1CCCN(Cc2ccco2)C1)N1CCc2nc[nH]c2C1. The zero-order valence-corrected chi connectivity index (χ0v) is 13.2. The maximum atomic E-state index is 12.9. The smallest absolute Gasteiger partial charge is 0.227 e. The topological polar surface area (TPSA) is 65.4 Å². The minimum Gasteiger partial charge on any atom is -0.468 e. The number of aromatic nitrogens is 2. The van der Waals surface area contributed by atoms with E-state index in [-0.39, 0.29) is 11.8 Å². The van der Waals surface area contributed by atoms with E-state index in [2.05, 4.69) is 14.9 Å². The summed E-state index contributed by atoms with van der Waals surface area (Å²) in [6, 6.07) is 3.91. The molecule has 0 unspecified atom stereocenters. The number of carbonyl (C=O) groups is 1. The molecular weight excluding hydrogens is 292 g/mol. The molecule has 2 aliphatic heterocycles. The molecule has 6 nitrogen and oxygen atoms in total. The van der Waals surface area contributed by atoms with Crippen LogP contribution in [0.5, 0.6) is 0 Å². The molecule has 0 aromatic carbocycles. The zero-order valence-electron chi connectivity index (χ0n) is 13.2. The third-order valence-electron chi connectivity index (χ3n) is 4.90. The fraction of sp³-hybridized carbons (Fsp3) is 0.529. The highest BCUT2D eigenvalue weighted by Crippen LogP contribution is 2.23. The standard InChI is InChI=1S/C17H22N4O2/c22-17(21-7-5-15-16(11-21)19-12-18-15)13-3-1-6-20(9-13)10-14-4-2-8-23-14/h2,4,8,12-13H,1,3,5-7,9-11H2,(H,18,19)/t13-/m0/s1. The van der Waals surface area contributed by atoms with Gasteiger partial charge in [0.1, 0.15) is 5.76 Å². The molecule has 0 bridgehead atoms. The van der Waals surface area contributed by atoms with Gasteiger partial charge in [-0.05, 0) is 31.5 Å². The molecule has 1 amide bonds. The Hall–Kier alpha value is -2.08. The van der Waals surface area contributed by atoms with Crippen molar-refractivity contribution in [2.75, 3.05) is 19.6 Å². The number of H-pyrrole nitrogens is 1. The Bertz CT molecular complexity index is 664. The minimum atomic E-state index is 0.100. The summed E-state index contributed by atoms with van der Waals surface area (Å²) < 4.78 is 5.43. The number of fused-ring (bicyclic) bond motifs is 1. The van der Waals surface area contributed by atoms with Gasteiger partial charge in [-0.25, -0.2) is 4.98 Å². The lowest BCUT2D eigenvalue weighted by Crippen LogP contribution is -2.46. The summed E-state index contributed by atoms with van der Waals surface area (Å²) in [5.41, 5.74) is 2.20. The average Bonchev–Trinajstić information content (AvgIpc) is 3.25. The van der Waals surface area contributed by atoms with Crippen LogP contribution in [0.15, 0.2) is 29.1 Å².